The van der Waals surface area contributed by atoms with E-state index in [1.165, 1.54) is 0 Å². The van der Waals surface area contributed by atoms with E-state index in [-0.39, 0.29) is 23.9 Å². The van der Waals surface area contributed by atoms with E-state index in [9.17, 15) is 9.59 Å². The van der Waals surface area contributed by atoms with Crippen molar-refractivity contribution < 1.29 is 9.59 Å². The molecule has 1 saturated carbocycles. The molecule has 0 atom stereocenters. The normalized spacial score (nSPS) is 19.6. The van der Waals surface area contributed by atoms with Crippen LogP contribution >= 0.6 is 0 Å². The molecule has 4 nitrogen and oxygen atoms in total. The smallest absolute Gasteiger partial charge is 0.251 e. The van der Waals surface area contributed by atoms with Gasteiger partial charge in [-0.3, -0.25) is 9.59 Å². The zero-order valence-corrected chi connectivity index (χ0v) is 15.4. The molecule has 26 heavy (non-hydrogen) atoms. The standard InChI is InChI=1S/C22H26N2O2/c1-15-5-3-7-17(13-15)21(25)23-19-9-11-20(12-10-19)24-22(26)18-8-4-6-16(2)14-18/h3-8,13-14,19-20H,9-12H2,1-2H3,(H,23,25)(H,24,26). The fourth-order valence-corrected chi connectivity index (χ4v) is 3.49. The summed E-state index contributed by atoms with van der Waals surface area (Å²) in [5.74, 6) is -0.0260. The van der Waals surface area contributed by atoms with Crippen molar-refractivity contribution in [1.82, 2.24) is 10.6 Å². The predicted octanol–water partition coefficient (Wildman–Crippen LogP) is 3.77. The molecule has 0 heterocycles. The monoisotopic (exact) mass is 350 g/mol. The predicted molar refractivity (Wildman–Crippen MR) is 103 cm³/mol. The molecule has 3 rings (SSSR count). The van der Waals surface area contributed by atoms with Crippen LogP contribution in [0.3, 0.4) is 0 Å². The van der Waals surface area contributed by atoms with E-state index in [4.69, 9.17) is 0 Å². The summed E-state index contributed by atoms with van der Waals surface area (Å²) < 4.78 is 0. The van der Waals surface area contributed by atoms with Gasteiger partial charge >= 0.3 is 0 Å². The molecule has 4 heteroatoms. The summed E-state index contributed by atoms with van der Waals surface area (Å²) in [6.45, 7) is 3.97. The highest BCUT2D eigenvalue weighted by Gasteiger charge is 2.24. The van der Waals surface area contributed by atoms with Crippen LogP contribution in [0.15, 0.2) is 48.5 Å². The molecular formula is C22H26N2O2. The molecule has 2 aromatic rings. The van der Waals surface area contributed by atoms with E-state index in [1.54, 1.807) is 0 Å². The van der Waals surface area contributed by atoms with Crippen LogP contribution in [0.4, 0.5) is 0 Å². The Morgan fingerprint density at radius 1 is 0.731 bits per heavy atom. The van der Waals surface area contributed by atoms with Gasteiger partial charge in [-0.15, -0.1) is 0 Å². The molecule has 0 aliphatic heterocycles. The Labute approximate surface area is 155 Å². The summed E-state index contributed by atoms with van der Waals surface area (Å²) in [5.41, 5.74) is 3.58. The first-order chi connectivity index (χ1) is 12.5. The molecule has 136 valence electrons. The zero-order chi connectivity index (χ0) is 18.5. The lowest BCUT2D eigenvalue weighted by Crippen LogP contribution is -2.43. The molecule has 0 unspecified atom stereocenters. The Morgan fingerprint density at radius 3 is 1.46 bits per heavy atom. The van der Waals surface area contributed by atoms with Gasteiger partial charge in [-0.05, 0) is 63.8 Å². The van der Waals surface area contributed by atoms with E-state index in [0.29, 0.717) is 11.1 Å². The van der Waals surface area contributed by atoms with Gasteiger partial charge in [0, 0.05) is 23.2 Å². The van der Waals surface area contributed by atoms with Crippen LogP contribution in [0.2, 0.25) is 0 Å². The molecule has 2 N–H and O–H groups in total. The maximum atomic E-state index is 12.4. The number of rotatable bonds is 4. The first kappa shape index (κ1) is 18.2. The molecule has 0 aromatic heterocycles. The molecule has 0 radical (unpaired) electrons. The van der Waals surface area contributed by atoms with Crippen molar-refractivity contribution in [2.45, 2.75) is 51.6 Å². The van der Waals surface area contributed by atoms with Crippen molar-refractivity contribution in [2.24, 2.45) is 0 Å². The molecule has 1 fully saturated rings. The van der Waals surface area contributed by atoms with Crippen molar-refractivity contribution in [3.8, 4) is 0 Å². The number of hydrogen-bond donors (Lipinski definition) is 2. The summed E-state index contributed by atoms with van der Waals surface area (Å²) in [4.78, 5) is 24.7. The molecule has 0 spiro atoms. The van der Waals surface area contributed by atoms with Gasteiger partial charge < -0.3 is 10.6 Å². The molecule has 2 aromatic carbocycles. The fourth-order valence-electron chi connectivity index (χ4n) is 3.49. The maximum Gasteiger partial charge on any atom is 0.251 e. The molecule has 0 bridgehead atoms. The Bertz CT molecular complexity index is 725. The first-order valence-corrected chi connectivity index (χ1v) is 9.26. The first-order valence-electron chi connectivity index (χ1n) is 9.26. The minimum absolute atomic E-state index is 0.0130. The second kappa shape index (κ2) is 8.17. The molecule has 2 amide bonds. The number of aryl methyl sites for hydroxylation is 2. The van der Waals surface area contributed by atoms with E-state index < -0.39 is 0 Å². The highest BCUT2D eigenvalue weighted by Crippen LogP contribution is 2.20. The highest BCUT2D eigenvalue weighted by molar-refractivity contribution is 5.95. The molecule has 1 aliphatic rings. The van der Waals surface area contributed by atoms with Gasteiger partial charge in [0.2, 0.25) is 0 Å². The summed E-state index contributed by atoms with van der Waals surface area (Å²) in [6, 6.07) is 15.6. The molecule has 0 saturated heterocycles. The minimum Gasteiger partial charge on any atom is -0.349 e. The van der Waals surface area contributed by atoms with Crippen molar-refractivity contribution in [1.29, 1.82) is 0 Å². The van der Waals surface area contributed by atoms with E-state index in [0.717, 1.165) is 36.8 Å². The highest BCUT2D eigenvalue weighted by atomic mass is 16.2. The summed E-state index contributed by atoms with van der Waals surface area (Å²) >= 11 is 0. The van der Waals surface area contributed by atoms with Crippen LogP contribution in [0.25, 0.3) is 0 Å². The average Bonchev–Trinajstić information content (AvgIpc) is 2.63. The maximum absolute atomic E-state index is 12.4. The van der Waals surface area contributed by atoms with E-state index in [1.807, 2.05) is 62.4 Å². The Kier molecular flexibility index (Phi) is 5.71. The van der Waals surface area contributed by atoms with Crippen LogP contribution in [-0.2, 0) is 0 Å². The Balaban J connectivity index is 1.48. The van der Waals surface area contributed by atoms with Crippen LogP contribution in [-0.4, -0.2) is 23.9 Å². The van der Waals surface area contributed by atoms with Gasteiger partial charge in [-0.25, -0.2) is 0 Å². The Morgan fingerprint density at radius 2 is 1.12 bits per heavy atom. The lowest BCUT2D eigenvalue weighted by atomic mass is 9.90. The van der Waals surface area contributed by atoms with Crippen molar-refractivity contribution in [3.63, 3.8) is 0 Å². The SMILES string of the molecule is Cc1cccc(C(=O)NC2CCC(NC(=O)c3cccc(C)c3)CC2)c1. The average molecular weight is 350 g/mol. The third kappa shape index (κ3) is 4.72. The van der Waals surface area contributed by atoms with Crippen molar-refractivity contribution >= 4 is 11.8 Å². The number of nitrogens with one attached hydrogen (secondary N) is 2. The number of carbonyl (C=O) groups is 2. The third-order valence-electron chi connectivity index (χ3n) is 4.96. The van der Waals surface area contributed by atoms with Crippen molar-refractivity contribution in [2.75, 3.05) is 0 Å². The van der Waals surface area contributed by atoms with Crippen LogP contribution < -0.4 is 10.6 Å². The summed E-state index contributed by atoms with van der Waals surface area (Å²) in [5, 5.41) is 6.25. The lowest BCUT2D eigenvalue weighted by molar-refractivity contribution is 0.0892. The van der Waals surface area contributed by atoms with Gasteiger partial charge in [0.25, 0.3) is 11.8 Å². The lowest BCUT2D eigenvalue weighted by Gasteiger charge is -2.29. The quantitative estimate of drug-likeness (QED) is 0.882. The number of benzene rings is 2. The number of carbonyl (C=O) groups excluding carboxylic acids is 2. The zero-order valence-electron chi connectivity index (χ0n) is 15.4. The van der Waals surface area contributed by atoms with E-state index >= 15 is 0 Å². The van der Waals surface area contributed by atoms with Gasteiger partial charge in [0.05, 0.1) is 0 Å². The largest absolute Gasteiger partial charge is 0.349 e. The molecule has 1 aliphatic carbocycles. The second-order valence-electron chi connectivity index (χ2n) is 7.23. The van der Waals surface area contributed by atoms with E-state index in [2.05, 4.69) is 10.6 Å². The van der Waals surface area contributed by atoms with Gasteiger partial charge in [0.1, 0.15) is 0 Å². The van der Waals surface area contributed by atoms with Crippen LogP contribution in [0.1, 0.15) is 57.5 Å². The van der Waals surface area contributed by atoms with Crippen LogP contribution in [0, 0.1) is 13.8 Å². The second-order valence-corrected chi connectivity index (χ2v) is 7.23. The van der Waals surface area contributed by atoms with Crippen LogP contribution in [0.5, 0.6) is 0 Å². The summed E-state index contributed by atoms with van der Waals surface area (Å²) in [7, 11) is 0. The molecular weight excluding hydrogens is 324 g/mol. The topological polar surface area (TPSA) is 58.2 Å². The number of hydrogen-bond acceptors (Lipinski definition) is 2. The number of amides is 2. The fraction of sp³-hybridized carbons (Fsp3) is 0.364. The van der Waals surface area contributed by atoms with Gasteiger partial charge in [-0.1, -0.05) is 35.4 Å². The van der Waals surface area contributed by atoms with Crippen molar-refractivity contribution in [3.05, 3.63) is 70.8 Å². The minimum atomic E-state index is -0.0130. The third-order valence-corrected chi connectivity index (χ3v) is 4.96. The Hall–Kier alpha value is -2.62. The summed E-state index contributed by atoms with van der Waals surface area (Å²) in [6.07, 6.45) is 3.54. The van der Waals surface area contributed by atoms with Gasteiger partial charge in [0.15, 0.2) is 0 Å². The van der Waals surface area contributed by atoms with Gasteiger partial charge in [-0.2, -0.15) is 0 Å².